The van der Waals surface area contributed by atoms with Crippen molar-refractivity contribution in [3.8, 4) is 0 Å². The minimum Gasteiger partial charge on any atom is -0.465 e. The number of amides is 2. The molecule has 0 aromatic carbocycles. The minimum atomic E-state index is -1.71. The zero-order chi connectivity index (χ0) is 92.4. The molecule has 0 heterocycles. The number of unbranched alkanes of at least 4 members (excludes halogenated alkanes) is 8. The van der Waals surface area contributed by atoms with Gasteiger partial charge in [0.2, 0.25) is 0 Å². The van der Waals surface area contributed by atoms with E-state index in [9.17, 15) is 86.9 Å². The average Bonchev–Trinajstić information content (AvgIpc) is 0.883. The lowest BCUT2D eigenvalue weighted by Crippen LogP contribution is -2.47. The van der Waals surface area contributed by atoms with Crippen LogP contribution in [0.1, 0.15) is 89.9 Å². The fraction of sp³-hybridized carbons (Fsp3) is 0.529. The lowest BCUT2D eigenvalue weighted by molar-refractivity contribution is -0.173. The minimum absolute atomic E-state index is 0.0456. The highest BCUT2D eigenvalue weighted by molar-refractivity contribution is 5.89. The predicted molar refractivity (Wildman–Crippen MR) is 434 cm³/mol. The quantitative estimate of drug-likeness (QED) is 0.0245. The van der Waals surface area contributed by atoms with Crippen molar-refractivity contribution in [1.82, 2.24) is 10.6 Å². The van der Waals surface area contributed by atoms with E-state index in [4.69, 9.17) is 85.3 Å². The zero-order valence-corrected chi connectivity index (χ0v) is 69.8. The summed E-state index contributed by atoms with van der Waals surface area (Å²) in [6.07, 6.45) is 12.6. The SMILES string of the molecule is C=CC(=O)CCC(CO)(COCC(COC(=O)C=C)(COC(=O)C=C)COC(=O)NCCCCCCCC(=O)OCC(COCC(COC(=O)C=C)(COC(=O)C=C)COC(=O)CCCCCCCNC(=O)OCC(COCC(CO)(COC(=O)C=C)COC(=O)C=C)(COC(=O)C=C)COC(=O)C=C)(COC(=O)C=C)COC(=O)C=C)COC(=O)C=C. The third kappa shape index (κ3) is 50.1. The molecule has 1 unspecified atom stereocenters. The molecule has 0 spiro atoms. The summed E-state index contributed by atoms with van der Waals surface area (Å²) < 4.78 is 98.9. The number of aliphatic hydroxyl groups excluding tert-OH is 2. The first kappa shape index (κ1) is 111. The smallest absolute Gasteiger partial charge is 0.407 e. The Bertz CT molecular complexity index is 3200. The highest BCUT2D eigenvalue weighted by Crippen LogP contribution is 2.31. The van der Waals surface area contributed by atoms with E-state index in [-0.39, 0.29) is 64.0 Å². The van der Waals surface area contributed by atoms with Gasteiger partial charge >= 0.3 is 89.8 Å². The lowest BCUT2D eigenvalue weighted by atomic mass is 9.84. The van der Waals surface area contributed by atoms with Crippen molar-refractivity contribution >= 4 is 95.6 Å². The van der Waals surface area contributed by atoms with Crippen LogP contribution in [0.5, 0.6) is 0 Å². The molecule has 684 valence electrons. The van der Waals surface area contributed by atoms with Crippen LogP contribution in [0.15, 0.2) is 152 Å². The number of alkyl carbamates (subject to hydrolysis) is 2. The molecular formula is C85H118N2O36. The van der Waals surface area contributed by atoms with E-state index in [2.05, 4.69) is 89.6 Å². The second-order valence-electron chi connectivity index (χ2n) is 28.3. The van der Waals surface area contributed by atoms with Crippen molar-refractivity contribution in [3.63, 3.8) is 0 Å². The maximum atomic E-state index is 13.5. The van der Waals surface area contributed by atoms with E-state index >= 15 is 0 Å². The molecule has 0 aromatic rings. The van der Waals surface area contributed by atoms with Gasteiger partial charge in [0, 0.05) is 99.2 Å². The van der Waals surface area contributed by atoms with Crippen molar-refractivity contribution in [2.75, 3.05) is 165 Å². The van der Waals surface area contributed by atoms with Crippen LogP contribution in [0, 0.1) is 32.5 Å². The topological polar surface area (TPSA) is 504 Å². The number of carbonyl (C=O) groups is 16. The standard InChI is InChI=1S/C85H118N2O36/c1-13-64(90)37-38-80(41-88,49-109-65(91)14-2)43-106-47-84(56-116-72(98)21-9,57-117-73(99)22-10)62-122-78(104)86-39-33-29-25-27-31-35-76(102)120-60-82(52-112-68(94)17-5,53-113-69(95)18-6)45-108-46-83(54-114-70(96)19-7,55-115-71(97)20-8)61-121-77(103)36-32-28-26-30-34-40-87-79(105)123-63-85(58-118-74(100)23-11,59-119-75(101)24-12)48-107-44-81(42-89,50-110-66(92)15-3)51-111-67(93)16-4/h13-24,88-89H,1-12,25-63H2,(H,86,104)(H,87,105). The fourth-order valence-electron chi connectivity index (χ4n) is 10.1. The molecule has 0 saturated heterocycles. The Morgan fingerprint density at radius 1 is 0.220 bits per heavy atom. The monoisotopic (exact) mass is 1740 g/mol. The molecule has 0 aliphatic rings. The molecule has 0 fully saturated rings. The molecule has 0 aliphatic heterocycles. The van der Waals surface area contributed by atoms with Gasteiger partial charge in [-0.15, -0.1) is 0 Å². The number of rotatable bonds is 75. The molecule has 38 heteroatoms. The third-order valence-corrected chi connectivity index (χ3v) is 17.6. The summed E-state index contributed by atoms with van der Waals surface area (Å²) in [5.41, 5.74) is -9.62. The highest BCUT2D eigenvalue weighted by Gasteiger charge is 2.44. The summed E-state index contributed by atoms with van der Waals surface area (Å²) in [4.78, 5) is 201. The number of hydrogen-bond donors (Lipinski definition) is 4. The Labute approximate surface area is 714 Å². The van der Waals surface area contributed by atoms with Gasteiger partial charge in [-0.2, -0.15) is 0 Å². The van der Waals surface area contributed by atoms with Crippen LogP contribution >= 0.6 is 0 Å². The van der Waals surface area contributed by atoms with Crippen molar-refractivity contribution < 1.29 is 172 Å². The van der Waals surface area contributed by atoms with Crippen LogP contribution in [0.3, 0.4) is 0 Å². The summed E-state index contributed by atoms with van der Waals surface area (Å²) in [6, 6.07) is 0. The van der Waals surface area contributed by atoms with Crippen molar-refractivity contribution in [1.29, 1.82) is 0 Å². The summed E-state index contributed by atoms with van der Waals surface area (Å²) in [5.74, 6) is -11.9. The summed E-state index contributed by atoms with van der Waals surface area (Å²) >= 11 is 0. The molecule has 1 atom stereocenters. The van der Waals surface area contributed by atoms with Crippen LogP contribution in [0.25, 0.3) is 0 Å². The molecule has 0 saturated carbocycles. The van der Waals surface area contributed by atoms with Crippen molar-refractivity contribution in [2.45, 2.75) is 89.9 Å². The number of ether oxygens (including phenoxy) is 18. The maximum Gasteiger partial charge on any atom is 0.407 e. The molecule has 0 rings (SSSR count). The van der Waals surface area contributed by atoms with E-state index in [0.717, 1.165) is 72.9 Å². The van der Waals surface area contributed by atoms with Crippen LogP contribution in [-0.2, 0) is 152 Å². The van der Waals surface area contributed by atoms with Gasteiger partial charge in [0.1, 0.15) is 99.1 Å². The molecule has 0 aromatic heterocycles. The highest BCUT2D eigenvalue weighted by atomic mass is 16.6. The molecule has 2 amide bonds. The third-order valence-electron chi connectivity index (χ3n) is 17.6. The Kier molecular flexibility index (Phi) is 57.7. The number of carbonyl (C=O) groups excluding carboxylic acids is 16. The van der Waals surface area contributed by atoms with Crippen LogP contribution in [0.2, 0.25) is 0 Å². The fourth-order valence-corrected chi connectivity index (χ4v) is 10.1. The van der Waals surface area contributed by atoms with Crippen LogP contribution < -0.4 is 10.6 Å². The van der Waals surface area contributed by atoms with Gasteiger partial charge in [0.15, 0.2) is 5.78 Å². The molecule has 0 bridgehead atoms. The largest absolute Gasteiger partial charge is 0.465 e. The predicted octanol–water partition coefficient (Wildman–Crippen LogP) is 5.72. The van der Waals surface area contributed by atoms with Crippen LogP contribution in [0.4, 0.5) is 9.59 Å². The molecule has 4 N–H and O–H groups in total. The molecule has 0 aliphatic carbocycles. The summed E-state index contributed by atoms with van der Waals surface area (Å²) in [6.45, 7) is 27.5. The first-order valence-corrected chi connectivity index (χ1v) is 38.6. The Hall–Kier alpha value is -12.0. The molecular weight excluding hydrogens is 1620 g/mol. The maximum absolute atomic E-state index is 13.5. The zero-order valence-electron chi connectivity index (χ0n) is 69.8. The first-order valence-electron chi connectivity index (χ1n) is 38.6. The number of esters is 13. The van der Waals surface area contributed by atoms with Crippen molar-refractivity contribution in [2.24, 2.45) is 32.5 Å². The second kappa shape index (κ2) is 63.9. The number of nitrogens with one attached hydrogen (secondary N) is 2. The van der Waals surface area contributed by atoms with E-state index in [1.54, 1.807) is 0 Å². The number of aliphatic hydroxyl groups is 2. The van der Waals surface area contributed by atoms with E-state index in [1.165, 1.54) is 0 Å². The van der Waals surface area contributed by atoms with Gasteiger partial charge in [0.05, 0.1) is 85.3 Å². The number of hydrogen-bond acceptors (Lipinski definition) is 36. The summed E-state index contributed by atoms with van der Waals surface area (Å²) in [5, 5.41) is 26.1. The molecule has 38 nitrogen and oxygen atoms in total. The van der Waals surface area contributed by atoms with Crippen molar-refractivity contribution in [3.05, 3.63) is 152 Å². The number of allylic oxidation sites excluding steroid dienone is 1. The van der Waals surface area contributed by atoms with Gasteiger partial charge < -0.3 is 106 Å². The van der Waals surface area contributed by atoms with Gasteiger partial charge in [-0.25, -0.2) is 62.3 Å². The van der Waals surface area contributed by atoms with Gasteiger partial charge in [-0.05, 0) is 38.2 Å². The Morgan fingerprint density at radius 2 is 0.415 bits per heavy atom. The van der Waals surface area contributed by atoms with Crippen LogP contribution in [-0.4, -0.2) is 271 Å². The van der Waals surface area contributed by atoms with Gasteiger partial charge in [-0.3, -0.25) is 14.4 Å². The first-order chi connectivity index (χ1) is 58.7. The van der Waals surface area contributed by atoms with Gasteiger partial charge in [-0.1, -0.05) is 117 Å². The van der Waals surface area contributed by atoms with Gasteiger partial charge in [0.25, 0.3) is 0 Å². The summed E-state index contributed by atoms with van der Waals surface area (Å²) in [7, 11) is 0. The van der Waals surface area contributed by atoms with E-state index in [0.29, 0.717) is 51.4 Å². The number of ketones is 1. The normalized spacial score (nSPS) is 11.6. The second-order valence-corrected chi connectivity index (χ2v) is 28.3. The lowest BCUT2D eigenvalue weighted by Gasteiger charge is -2.35. The average molecular weight is 1740 g/mol. The Balaban J connectivity index is 6.28. The Morgan fingerprint density at radius 3 is 0.650 bits per heavy atom. The molecule has 123 heavy (non-hydrogen) atoms. The van der Waals surface area contributed by atoms with E-state index in [1.807, 2.05) is 0 Å². The van der Waals surface area contributed by atoms with E-state index < -0.39 is 268 Å². The molecule has 0 radical (unpaired) electrons.